The van der Waals surface area contributed by atoms with E-state index in [1.165, 1.54) is 17.2 Å². The molecular formula is C40H46FN11O4. The number of hydrogen-bond acceptors (Lipinski definition) is 10. The van der Waals surface area contributed by atoms with Crippen molar-refractivity contribution in [1.29, 1.82) is 0 Å². The van der Waals surface area contributed by atoms with Gasteiger partial charge in [-0.2, -0.15) is 5.10 Å². The number of urea groups is 1. The largest absolute Gasteiger partial charge is 0.490 e. The number of nitrogens with one attached hydrogen (secondary N) is 2. The number of imide groups is 1. The number of amides is 4. The van der Waals surface area contributed by atoms with Crippen molar-refractivity contribution in [3.8, 4) is 5.75 Å². The summed E-state index contributed by atoms with van der Waals surface area (Å²) in [5.41, 5.74) is 3.93. The van der Waals surface area contributed by atoms with Gasteiger partial charge in [-0.3, -0.25) is 19.8 Å². The van der Waals surface area contributed by atoms with Crippen molar-refractivity contribution < 1.29 is 23.5 Å². The number of hydrogen-bond donors (Lipinski definition) is 2. The van der Waals surface area contributed by atoms with Gasteiger partial charge < -0.3 is 24.3 Å². The van der Waals surface area contributed by atoms with Gasteiger partial charge in [-0.15, -0.1) is 0 Å². The molecule has 56 heavy (non-hydrogen) atoms. The molecule has 1 spiro atoms. The number of fused-ring (bicyclic) bond motifs is 2. The predicted octanol–water partition coefficient (Wildman–Crippen LogP) is 5.27. The van der Waals surface area contributed by atoms with E-state index < -0.39 is 11.8 Å². The molecule has 4 aliphatic rings. The first-order valence-corrected chi connectivity index (χ1v) is 19.6. The van der Waals surface area contributed by atoms with Gasteiger partial charge in [-0.05, 0) is 69.8 Å². The van der Waals surface area contributed by atoms with Crippen LogP contribution in [0.3, 0.4) is 0 Å². The molecule has 0 aromatic carbocycles. The molecule has 1 saturated carbocycles. The molecule has 3 saturated heterocycles. The van der Waals surface area contributed by atoms with Crippen LogP contribution in [-0.2, 0) is 4.79 Å². The van der Waals surface area contributed by atoms with Crippen molar-refractivity contribution in [2.75, 3.05) is 54.4 Å². The summed E-state index contributed by atoms with van der Waals surface area (Å²) in [5.74, 6) is 0.729. The number of imidazole rings is 1. The number of anilines is 3. The summed E-state index contributed by atoms with van der Waals surface area (Å²) in [7, 11) is 0. The van der Waals surface area contributed by atoms with Crippen molar-refractivity contribution in [1.82, 2.24) is 39.2 Å². The van der Waals surface area contributed by atoms with Crippen LogP contribution in [0.2, 0.25) is 0 Å². The van der Waals surface area contributed by atoms with Gasteiger partial charge in [0.05, 0.1) is 35.4 Å². The highest BCUT2D eigenvalue weighted by Crippen LogP contribution is 2.44. The summed E-state index contributed by atoms with van der Waals surface area (Å²) < 4.78 is 24.9. The third kappa shape index (κ3) is 7.01. The fourth-order valence-corrected chi connectivity index (χ4v) is 9.02. The van der Waals surface area contributed by atoms with Crippen LogP contribution in [0, 0.1) is 17.2 Å². The Balaban J connectivity index is 0.773. The molecular weight excluding hydrogens is 718 g/mol. The van der Waals surface area contributed by atoms with Gasteiger partial charge in [-0.25, -0.2) is 28.7 Å². The zero-order chi connectivity index (χ0) is 38.6. The number of aromatic nitrogens is 6. The van der Waals surface area contributed by atoms with Crippen molar-refractivity contribution in [2.24, 2.45) is 11.3 Å². The molecule has 2 N–H and O–H groups in total. The van der Waals surface area contributed by atoms with Gasteiger partial charge >= 0.3 is 6.03 Å². The summed E-state index contributed by atoms with van der Waals surface area (Å²) in [5, 5.41) is 9.52. The number of likely N-dealkylation sites (tertiary alicyclic amines) is 1. The molecule has 16 heteroatoms. The second-order valence-corrected chi connectivity index (χ2v) is 16.2. The number of pyridine rings is 2. The number of carbonyl (C=O) groups excluding carboxylic acids is 3. The predicted molar refractivity (Wildman–Crippen MR) is 207 cm³/mol. The second kappa shape index (κ2) is 14.5. The molecule has 5 aromatic heterocycles. The maximum Gasteiger partial charge on any atom is 0.328 e. The van der Waals surface area contributed by atoms with Crippen molar-refractivity contribution >= 4 is 46.3 Å². The Hall–Kier alpha value is -5.64. The smallest absolute Gasteiger partial charge is 0.328 e. The lowest BCUT2D eigenvalue weighted by Gasteiger charge is -2.55. The molecule has 0 bridgehead atoms. The molecule has 292 valence electrons. The molecule has 0 radical (unpaired) electrons. The third-order valence-electron chi connectivity index (χ3n) is 11.9. The molecule has 8 heterocycles. The summed E-state index contributed by atoms with van der Waals surface area (Å²) in [6, 6.07) is 4.43. The molecule has 9 rings (SSSR count). The monoisotopic (exact) mass is 763 g/mol. The summed E-state index contributed by atoms with van der Waals surface area (Å²) in [6.45, 7) is 8.84. The van der Waals surface area contributed by atoms with Crippen LogP contribution < -0.4 is 25.2 Å². The molecule has 5 aromatic rings. The number of carbonyl (C=O) groups is 3. The first-order valence-electron chi connectivity index (χ1n) is 19.6. The fourth-order valence-electron chi connectivity index (χ4n) is 9.02. The van der Waals surface area contributed by atoms with E-state index in [2.05, 4.69) is 36.8 Å². The minimum absolute atomic E-state index is 0.125. The van der Waals surface area contributed by atoms with E-state index in [0.29, 0.717) is 46.0 Å². The van der Waals surface area contributed by atoms with E-state index >= 15 is 4.39 Å². The number of nitrogens with zero attached hydrogens (tertiary/aromatic N) is 9. The summed E-state index contributed by atoms with van der Waals surface area (Å²) in [6.07, 6.45) is 16.9. The van der Waals surface area contributed by atoms with Crippen LogP contribution in [0.15, 0.2) is 55.4 Å². The standard InChI is InChI=1S/C40H46FN11O4/c1-25(2)56-33-17-34-45-32(22-50(34)21-29(33)38(54)46-31-19-44-52-12-3-11-42-37(31)52)27-6-4-26(5-7-27)20-48-23-40(24-48)9-14-49(15-10-40)36-30(41)16-28(18-43-36)51-13-8-35(53)47-39(51)55/h3,11-12,16-19,21-22,25-27H,4-10,13-15,20,23-24H2,1-2H3,(H,46,54)(H,47,53,55)/t26-,27-. The Morgan fingerprint density at radius 1 is 1.05 bits per heavy atom. The van der Waals surface area contributed by atoms with Crippen LogP contribution in [-0.4, -0.2) is 97.1 Å². The Kier molecular flexibility index (Phi) is 9.30. The van der Waals surface area contributed by atoms with Crippen molar-refractivity contribution in [3.05, 3.63) is 72.5 Å². The maximum absolute atomic E-state index is 15.2. The molecule has 0 unspecified atom stereocenters. The zero-order valence-corrected chi connectivity index (χ0v) is 31.7. The lowest BCUT2D eigenvalue weighted by molar-refractivity contribution is -0.120. The molecule has 15 nitrogen and oxygen atoms in total. The lowest BCUT2D eigenvalue weighted by Crippen LogP contribution is -2.61. The Bertz CT molecular complexity index is 2300. The molecule has 0 atom stereocenters. The van der Waals surface area contributed by atoms with Crippen LogP contribution >= 0.6 is 0 Å². The van der Waals surface area contributed by atoms with Gasteiger partial charge in [0.1, 0.15) is 17.1 Å². The SMILES string of the molecule is CC(C)Oc1cc2nc([C@H]3CC[C@H](CN4CC5(CCN(c6ncc(N7CCC(=O)NC7=O)cc6F)CC5)C4)CC3)cn2cc1C(=O)Nc1cnn2cccnc12. The first kappa shape index (κ1) is 36.0. The normalized spacial score (nSPS) is 21.5. The zero-order valence-electron chi connectivity index (χ0n) is 31.7. The van der Waals surface area contributed by atoms with Gasteiger partial charge in [-0.1, -0.05) is 0 Å². The van der Waals surface area contributed by atoms with Crippen LogP contribution in [0.4, 0.5) is 26.4 Å². The van der Waals surface area contributed by atoms with Crippen molar-refractivity contribution in [2.45, 2.75) is 70.8 Å². The average Bonchev–Trinajstić information content (AvgIpc) is 3.78. The quantitative estimate of drug-likeness (QED) is 0.203. The molecule has 1 aliphatic carbocycles. The molecule has 3 aliphatic heterocycles. The lowest BCUT2D eigenvalue weighted by atomic mass is 9.71. The number of ether oxygens (including phenoxy) is 1. The Morgan fingerprint density at radius 2 is 1.86 bits per heavy atom. The van der Waals surface area contributed by atoms with E-state index in [1.807, 2.05) is 29.2 Å². The van der Waals surface area contributed by atoms with E-state index in [-0.39, 0.29) is 36.3 Å². The topological polar surface area (TPSA) is 155 Å². The molecule has 4 fully saturated rings. The number of piperidine rings is 1. The Labute approximate surface area is 323 Å². The van der Waals surface area contributed by atoms with Crippen LogP contribution in [0.1, 0.15) is 80.8 Å². The highest BCUT2D eigenvalue weighted by Gasteiger charge is 2.45. The van der Waals surface area contributed by atoms with Crippen molar-refractivity contribution in [3.63, 3.8) is 0 Å². The third-order valence-corrected chi connectivity index (χ3v) is 11.9. The van der Waals surface area contributed by atoms with E-state index in [9.17, 15) is 14.4 Å². The maximum atomic E-state index is 15.2. The average molecular weight is 764 g/mol. The second-order valence-electron chi connectivity index (χ2n) is 16.2. The fraction of sp³-hybridized carbons (Fsp3) is 0.475. The van der Waals surface area contributed by atoms with Crippen LogP contribution in [0.25, 0.3) is 11.3 Å². The number of halogens is 1. The van der Waals surface area contributed by atoms with E-state index in [1.54, 1.807) is 35.4 Å². The van der Waals surface area contributed by atoms with Gasteiger partial charge in [0.25, 0.3) is 5.91 Å². The minimum Gasteiger partial charge on any atom is -0.490 e. The summed E-state index contributed by atoms with van der Waals surface area (Å²) >= 11 is 0. The highest BCUT2D eigenvalue weighted by molar-refractivity contribution is 6.08. The number of rotatable bonds is 9. The van der Waals surface area contributed by atoms with E-state index in [4.69, 9.17) is 9.72 Å². The summed E-state index contributed by atoms with van der Waals surface area (Å²) in [4.78, 5) is 57.0. The molecule has 4 amide bonds. The van der Waals surface area contributed by atoms with Gasteiger partial charge in [0.15, 0.2) is 17.3 Å². The minimum atomic E-state index is -0.547. The van der Waals surface area contributed by atoms with E-state index in [0.717, 1.165) is 82.6 Å². The highest BCUT2D eigenvalue weighted by atomic mass is 19.1. The van der Waals surface area contributed by atoms with Gasteiger partial charge in [0, 0.05) is 88.5 Å². The Morgan fingerprint density at radius 3 is 2.61 bits per heavy atom. The van der Waals surface area contributed by atoms with Gasteiger partial charge in [0.2, 0.25) is 5.91 Å². The van der Waals surface area contributed by atoms with Crippen LogP contribution in [0.5, 0.6) is 5.75 Å². The first-order chi connectivity index (χ1) is 27.1.